The molecule has 3 aromatic carbocycles. The quantitative estimate of drug-likeness (QED) is 0.221. The van der Waals surface area contributed by atoms with Gasteiger partial charge < -0.3 is 4.74 Å². The van der Waals surface area contributed by atoms with E-state index in [4.69, 9.17) is 0 Å². The number of fused-ring (bicyclic) bond motifs is 1. The summed E-state index contributed by atoms with van der Waals surface area (Å²) < 4.78 is 54.6. The number of halogens is 4. The summed E-state index contributed by atoms with van der Waals surface area (Å²) in [6.45, 7) is 3.85. The highest BCUT2D eigenvalue weighted by Gasteiger charge is 2.32. The van der Waals surface area contributed by atoms with Gasteiger partial charge in [0.25, 0.3) is 0 Å². The Hall–Kier alpha value is -3.26. The van der Waals surface area contributed by atoms with Crippen LogP contribution in [0.5, 0.6) is 5.75 Å². The molecule has 0 aliphatic heterocycles. The molecule has 0 heterocycles. The molecule has 0 aromatic heterocycles. The van der Waals surface area contributed by atoms with Crippen LogP contribution in [0.4, 0.5) is 17.6 Å². The first kappa shape index (κ1) is 22.9. The number of hydrogen-bond donors (Lipinski definition) is 0. The van der Waals surface area contributed by atoms with Crippen molar-refractivity contribution in [1.29, 1.82) is 0 Å². The first-order valence-electron chi connectivity index (χ1n) is 11.0. The minimum absolute atomic E-state index is 0.270. The standard InChI is InChI=1S/C28H24F4O/c1-2-4-19-7-11-21(12-8-19)23-14-15-25-22(5-3-6-24(25)18-23)13-9-20-10-16-27(26(29)17-20)33-28(30,31)32/h2-3,5-6,10,14-19,21H,1,4,7-8,11-12H2. The van der Waals surface area contributed by atoms with Crippen LogP contribution in [0.15, 0.2) is 67.3 Å². The zero-order valence-corrected chi connectivity index (χ0v) is 18.1. The Bertz CT molecular complexity index is 1210. The molecular formula is C28H24F4O. The monoisotopic (exact) mass is 452 g/mol. The van der Waals surface area contributed by atoms with Crippen LogP contribution in [0, 0.1) is 23.6 Å². The molecule has 1 fully saturated rings. The van der Waals surface area contributed by atoms with Crippen molar-refractivity contribution in [2.45, 2.75) is 44.4 Å². The highest BCUT2D eigenvalue weighted by atomic mass is 19.4. The third kappa shape index (κ3) is 5.76. The molecule has 3 aromatic rings. The van der Waals surface area contributed by atoms with Crippen molar-refractivity contribution in [3.63, 3.8) is 0 Å². The average molecular weight is 452 g/mol. The van der Waals surface area contributed by atoms with E-state index in [1.54, 1.807) is 0 Å². The zero-order chi connectivity index (χ0) is 23.4. The van der Waals surface area contributed by atoms with Crippen molar-refractivity contribution in [2.24, 2.45) is 5.92 Å². The third-order valence-electron chi connectivity index (χ3n) is 6.22. The van der Waals surface area contributed by atoms with Gasteiger partial charge in [-0.05, 0) is 84.5 Å². The van der Waals surface area contributed by atoms with E-state index in [0.29, 0.717) is 5.92 Å². The molecule has 0 atom stereocenters. The molecule has 1 saturated carbocycles. The molecule has 0 radical (unpaired) electrons. The first-order chi connectivity index (χ1) is 15.8. The Morgan fingerprint density at radius 2 is 1.76 bits per heavy atom. The van der Waals surface area contributed by atoms with E-state index in [1.165, 1.54) is 37.3 Å². The molecule has 33 heavy (non-hydrogen) atoms. The summed E-state index contributed by atoms with van der Waals surface area (Å²) >= 11 is 0. The van der Waals surface area contributed by atoms with Crippen molar-refractivity contribution in [1.82, 2.24) is 0 Å². The first-order valence-corrected chi connectivity index (χ1v) is 11.0. The number of hydrogen-bond acceptors (Lipinski definition) is 1. The van der Waals surface area contributed by atoms with Crippen LogP contribution in [0.2, 0.25) is 0 Å². The van der Waals surface area contributed by atoms with Crippen LogP contribution < -0.4 is 4.74 Å². The summed E-state index contributed by atoms with van der Waals surface area (Å²) in [5, 5.41) is 2.08. The van der Waals surface area contributed by atoms with Gasteiger partial charge in [0, 0.05) is 11.1 Å². The fraction of sp³-hybridized carbons (Fsp3) is 0.286. The molecular weight excluding hydrogens is 428 g/mol. The van der Waals surface area contributed by atoms with Gasteiger partial charge in [0.15, 0.2) is 11.6 Å². The second-order valence-corrected chi connectivity index (χ2v) is 8.47. The lowest BCUT2D eigenvalue weighted by Crippen LogP contribution is -2.17. The van der Waals surface area contributed by atoms with E-state index < -0.39 is 17.9 Å². The molecule has 0 amide bonds. The van der Waals surface area contributed by atoms with E-state index in [2.05, 4.69) is 47.4 Å². The maximum absolute atomic E-state index is 13.9. The zero-order valence-electron chi connectivity index (χ0n) is 18.1. The SMILES string of the molecule is C=CCC1CCC(c2ccc3c(C#Cc4ccc(OC(F)(F)F)c(F)c4)cccc3c2)CC1. The highest BCUT2D eigenvalue weighted by Crippen LogP contribution is 2.38. The third-order valence-corrected chi connectivity index (χ3v) is 6.22. The maximum atomic E-state index is 13.9. The second kappa shape index (κ2) is 9.70. The van der Waals surface area contributed by atoms with Crippen molar-refractivity contribution >= 4 is 10.8 Å². The molecule has 4 rings (SSSR count). The molecule has 1 nitrogen and oxygen atoms in total. The topological polar surface area (TPSA) is 9.23 Å². The summed E-state index contributed by atoms with van der Waals surface area (Å²) in [6, 6.07) is 15.5. The van der Waals surface area contributed by atoms with Gasteiger partial charge >= 0.3 is 6.36 Å². The smallest absolute Gasteiger partial charge is 0.403 e. The van der Waals surface area contributed by atoms with E-state index in [9.17, 15) is 17.6 Å². The predicted molar refractivity (Wildman–Crippen MR) is 123 cm³/mol. The number of alkyl halides is 3. The van der Waals surface area contributed by atoms with Gasteiger partial charge in [-0.2, -0.15) is 0 Å². The van der Waals surface area contributed by atoms with Crippen LogP contribution >= 0.6 is 0 Å². The lowest BCUT2D eigenvalue weighted by Gasteiger charge is -2.28. The van der Waals surface area contributed by atoms with E-state index in [0.717, 1.165) is 40.8 Å². The summed E-state index contributed by atoms with van der Waals surface area (Å²) in [5.74, 6) is 5.21. The lowest BCUT2D eigenvalue weighted by atomic mass is 9.77. The van der Waals surface area contributed by atoms with Gasteiger partial charge in [0.05, 0.1) is 0 Å². The Labute approximate surface area is 191 Å². The van der Waals surface area contributed by atoms with Gasteiger partial charge in [-0.25, -0.2) is 4.39 Å². The summed E-state index contributed by atoms with van der Waals surface area (Å²) in [4.78, 5) is 0. The van der Waals surface area contributed by atoms with Crippen molar-refractivity contribution in [3.8, 4) is 17.6 Å². The second-order valence-electron chi connectivity index (χ2n) is 8.47. The van der Waals surface area contributed by atoms with Crippen molar-refractivity contribution in [3.05, 3.63) is 89.8 Å². The van der Waals surface area contributed by atoms with Crippen LogP contribution in [0.25, 0.3) is 10.8 Å². The van der Waals surface area contributed by atoms with Gasteiger partial charge in [-0.1, -0.05) is 48.2 Å². The van der Waals surface area contributed by atoms with Crippen molar-refractivity contribution < 1.29 is 22.3 Å². The summed E-state index contributed by atoms with van der Waals surface area (Å²) in [7, 11) is 0. The van der Waals surface area contributed by atoms with E-state index in [1.807, 2.05) is 18.2 Å². The highest BCUT2D eigenvalue weighted by molar-refractivity contribution is 5.89. The van der Waals surface area contributed by atoms with Gasteiger partial charge in [0.2, 0.25) is 0 Å². The van der Waals surface area contributed by atoms with Crippen LogP contribution in [-0.2, 0) is 0 Å². The molecule has 1 aliphatic rings. The number of allylic oxidation sites excluding steroid dienone is 1. The Morgan fingerprint density at radius 1 is 0.970 bits per heavy atom. The Balaban J connectivity index is 1.54. The fourth-order valence-electron chi connectivity index (χ4n) is 4.56. The molecule has 0 unspecified atom stereocenters. The molecule has 0 bridgehead atoms. The van der Waals surface area contributed by atoms with Crippen LogP contribution in [-0.4, -0.2) is 6.36 Å². The minimum atomic E-state index is -4.94. The van der Waals surface area contributed by atoms with Gasteiger partial charge in [0.1, 0.15) is 0 Å². The molecule has 0 N–H and O–H groups in total. The maximum Gasteiger partial charge on any atom is 0.573 e. The van der Waals surface area contributed by atoms with Gasteiger partial charge in [-0.15, -0.1) is 19.8 Å². The van der Waals surface area contributed by atoms with Crippen LogP contribution in [0.3, 0.4) is 0 Å². The predicted octanol–water partition coefficient (Wildman–Crippen LogP) is 8.13. The molecule has 1 aliphatic carbocycles. The largest absolute Gasteiger partial charge is 0.573 e. The molecule has 0 spiro atoms. The molecule has 5 heteroatoms. The van der Waals surface area contributed by atoms with Crippen LogP contribution in [0.1, 0.15) is 54.7 Å². The van der Waals surface area contributed by atoms with Crippen molar-refractivity contribution in [2.75, 3.05) is 0 Å². The van der Waals surface area contributed by atoms with E-state index >= 15 is 0 Å². The fourth-order valence-corrected chi connectivity index (χ4v) is 4.56. The number of rotatable bonds is 4. The summed E-state index contributed by atoms with van der Waals surface area (Å²) in [5.41, 5.74) is 2.39. The number of ether oxygens (including phenoxy) is 1. The average Bonchev–Trinajstić information content (AvgIpc) is 2.79. The molecule has 170 valence electrons. The molecule has 0 saturated heterocycles. The summed E-state index contributed by atoms with van der Waals surface area (Å²) in [6.07, 6.45) is 2.98. The number of benzene rings is 3. The normalized spacial score (nSPS) is 18.4. The Morgan fingerprint density at radius 3 is 2.45 bits per heavy atom. The van der Waals surface area contributed by atoms with E-state index in [-0.39, 0.29) is 5.56 Å². The van der Waals surface area contributed by atoms with Gasteiger partial charge in [-0.3, -0.25) is 0 Å². The lowest BCUT2D eigenvalue weighted by molar-refractivity contribution is -0.275. The minimum Gasteiger partial charge on any atom is -0.403 e. The Kier molecular flexibility index (Phi) is 6.74.